The zero-order valence-electron chi connectivity index (χ0n) is 8.04. The zero-order chi connectivity index (χ0) is 9.97. The van der Waals surface area contributed by atoms with Gasteiger partial charge in [0.15, 0.2) is 5.69 Å². The minimum absolute atomic E-state index is 0.157. The Morgan fingerprint density at radius 1 is 1.79 bits per heavy atom. The van der Waals surface area contributed by atoms with Crippen molar-refractivity contribution in [3.8, 4) is 0 Å². The number of hydrogen-bond donors (Lipinski definition) is 2. The molecule has 0 bridgehead atoms. The van der Waals surface area contributed by atoms with Crippen LogP contribution in [0.3, 0.4) is 0 Å². The number of nitrogens with zero attached hydrogens (tertiary/aromatic N) is 1. The van der Waals surface area contributed by atoms with Gasteiger partial charge in [-0.15, -0.1) is 0 Å². The van der Waals surface area contributed by atoms with E-state index in [1.165, 1.54) is 0 Å². The minimum atomic E-state index is -0.157. The van der Waals surface area contributed by atoms with Crippen molar-refractivity contribution in [1.29, 1.82) is 0 Å². The molecule has 2 N–H and O–H groups in total. The predicted octanol–water partition coefficient (Wildman–Crippen LogP) is 0.0747. The van der Waals surface area contributed by atoms with Crippen LogP contribution in [0.1, 0.15) is 22.7 Å². The third-order valence-electron chi connectivity index (χ3n) is 2.26. The fourth-order valence-corrected chi connectivity index (χ4v) is 1.51. The monoisotopic (exact) mass is 195 g/mol. The number of amides is 1. The van der Waals surface area contributed by atoms with Crippen molar-refractivity contribution in [3.63, 3.8) is 0 Å². The van der Waals surface area contributed by atoms with Crippen molar-refractivity contribution in [3.05, 3.63) is 17.5 Å². The first-order chi connectivity index (χ1) is 6.75. The number of aryl methyl sites for hydroxylation is 1. The molecule has 76 valence electrons. The Balaban J connectivity index is 1.95. The molecular formula is C9H13N3O2. The van der Waals surface area contributed by atoms with Crippen LogP contribution in [-0.2, 0) is 0 Å². The third kappa shape index (κ3) is 1.93. The van der Waals surface area contributed by atoms with Gasteiger partial charge >= 0.3 is 0 Å². The molecule has 1 saturated heterocycles. The smallest absolute Gasteiger partial charge is 0.273 e. The summed E-state index contributed by atoms with van der Waals surface area (Å²) >= 11 is 0. The van der Waals surface area contributed by atoms with Crippen molar-refractivity contribution in [2.45, 2.75) is 19.4 Å². The van der Waals surface area contributed by atoms with Crippen LogP contribution >= 0.6 is 0 Å². The van der Waals surface area contributed by atoms with Crippen molar-refractivity contribution >= 4 is 5.91 Å². The summed E-state index contributed by atoms with van der Waals surface area (Å²) in [6.45, 7) is 3.56. The first-order valence-electron chi connectivity index (χ1n) is 4.70. The van der Waals surface area contributed by atoms with E-state index in [-0.39, 0.29) is 11.9 Å². The summed E-state index contributed by atoms with van der Waals surface area (Å²) in [7, 11) is 0. The lowest BCUT2D eigenvalue weighted by Gasteiger charge is -2.08. The lowest BCUT2D eigenvalue weighted by Crippen LogP contribution is -2.36. The molecular weight excluding hydrogens is 182 g/mol. The molecule has 2 rings (SSSR count). The van der Waals surface area contributed by atoms with Crippen LogP contribution in [-0.4, -0.2) is 30.2 Å². The van der Waals surface area contributed by atoms with Gasteiger partial charge in [-0.25, -0.2) is 0 Å². The van der Waals surface area contributed by atoms with E-state index in [0.717, 1.165) is 19.5 Å². The number of aromatic nitrogens is 1. The molecule has 2 heterocycles. The van der Waals surface area contributed by atoms with Crippen LogP contribution in [0, 0.1) is 6.92 Å². The highest BCUT2D eigenvalue weighted by Crippen LogP contribution is 2.03. The average molecular weight is 195 g/mol. The van der Waals surface area contributed by atoms with Gasteiger partial charge in [-0.3, -0.25) is 4.79 Å². The second-order valence-corrected chi connectivity index (χ2v) is 3.49. The molecule has 1 amide bonds. The topological polar surface area (TPSA) is 67.2 Å². The quantitative estimate of drug-likeness (QED) is 0.701. The molecule has 0 radical (unpaired) electrons. The van der Waals surface area contributed by atoms with E-state index in [1.807, 2.05) is 0 Å². The lowest BCUT2D eigenvalue weighted by molar-refractivity contribution is 0.0931. The van der Waals surface area contributed by atoms with E-state index in [1.54, 1.807) is 13.0 Å². The Bertz CT molecular complexity index is 329. The Labute approximate surface area is 81.8 Å². The maximum Gasteiger partial charge on any atom is 0.273 e. The van der Waals surface area contributed by atoms with Crippen LogP contribution < -0.4 is 10.6 Å². The molecule has 14 heavy (non-hydrogen) atoms. The Morgan fingerprint density at radius 2 is 2.64 bits per heavy atom. The molecule has 0 spiro atoms. The summed E-state index contributed by atoms with van der Waals surface area (Å²) in [4.78, 5) is 11.6. The van der Waals surface area contributed by atoms with Crippen LogP contribution in [0.4, 0.5) is 0 Å². The van der Waals surface area contributed by atoms with Gasteiger partial charge in [0, 0.05) is 18.7 Å². The van der Waals surface area contributed by atoms with Crippen LogP contribution in [0.2, 0.25) is 0 Å². The number of nitrogens with one attached hydrogen (secondary N) is 2. The van der Waals surface area contributed by atoms with Gasteiger partial charge < -0.3 is 15.2 Å². The molecule has 0 saturated carbocycles. The highest BCUT2D eigenvalue weighted by atomic mass is 16.5. The van der Waals surface area contributed by atoms with Gasteiger partial charge in [0.2, 0.25) is 0 Å². The maximum absolute atomic E-state index is 11.6. The van der Waals surface area contributed by atoms with Crippen LogP contribution in [0.25, 0.3) is 0 Å². The fraction of sp³-hybridized carbons (Fsp3) is 0.556. The SMILES string of the molecule is Cc1cc(C(=O)NC2CCNC2)no1. The summed E-state index contributed by atoms with van der Waals surface area (Å²) < 4.78 is 4.82. The molecule has 1 aliphatic heterocycles. The van der Waals surface area contributed by atoms with Crippen molar-refractivity contribution < 1.29 is 9.32 Å². The van der Waals surface area contributed by atoms with E-state index in [2.05, 4.69) is 15.8 Å². The average Bonchev–Trinajstić information content (AvgIpc) is 2.75. The van der Waals surface area contributed by atoms with Crippen LogP contribution in [0.5, 0.6) is 0 Å². The van der Waals surface area contributed by atoms with Crippen molar-refractivity contribution in [2.75, 3.05) is 13.1 Å². The fourth-order valence-electron chi connectivity index (χ4n) is 1.51. The highest BCUT2D eigenvalue weighted by Gasteiger charge is 2.19. The van der Waals surface area contributed by atoms with E-state index < -0.39 is 0 Å². The maximum atomic E-state index is 11.6. The largest absolute Gasteiger partial charge is 0.361 e. The summed E-state index contributed by atoms with van der Waals surface area (Å²) in [5, 5.41) is 9.71. The summed E-state index contributed by atoms with van der Waals surface area (Å²) in [5.74, 6) is 0.496. The molecule has 1 aromatic rings. The van der Waals surface area contributed by atoms with E-state index >= 15 is 0 Å². The minimum Gasteiger partial charge on any atom is -0.361 e. The molecule has 1 unspecified atom stereocenters. The molecule has 0 aromatic carbocycles. The third-order valence-corrected chi connectivity index (χ3v) is 2.26. The molecule has 1 aromatic heterocycles. The molecule has 1 aliphatic rings. The standard InChI is InChI=1S/C9H13N3O2/c1-6-4-8(12-14-6)9(13)11-7-2-3-10-5-7/h4,7,10H,2-3,5H2,1H3,(H,11,13). The molecule has 0 aliphatic carbocycles. The number of hydrogen-bond acceptors (Lipinski definition) is 4. The summed E-state index contributed by atoms with van der Waals surface area (Å²) in [5.41, 5.74) is 0.356. The zero-order valence-corrected chi connectivity index (χ0v) is 8.04. The summed E-state index contributed by atoms with van der Waals surface area (Å²) in [6.07, 6.45) is 0.975. The molecule has 5 nitrogen and oxygen atoms in total. The Kier molecular flexibility index (Phi) is 2.49. The number of carbonyl (C=O) groups is 1. The van der Waals surface area contributed by atoms with Crippen molar-refractivity contribution in [1.82, 2.24) is 15.8 Å². The van der Waals surface area contributed by atoms with Gasteiger partial charge in [0.05, 0.1) is 0 Å². The first-order valence-corrected chi connectivity index (χ1v) is 4.70. The lowest BCUT2D eigenvalue weighted by atomic mass is 10.2. The Hall–Kier alpha value is -1.36. The van der Waals surface area contributed by atoms with Crippen molar-refractivity contribution in [2.24, 2.45) is 0 Å². The van der Waals surface area contributed by atoms with Gasteiger partial charge in [-0.1, -0.05) is 5.16 Å². The first kappa shape index (κ1) is 9.21. The molecule has 1 atom stereocenters. The van der Waals surface area contributed by atoms with Crippen LogP contribution in [0.15, 0.2) is 10.6 Å². The highest BCUT2D eigenvalue weighted by molar-refractivity contribution is 5.92. The molecule has 5 heteroatoms. The van der Waals surface area contributed by atoms with Gasteiger partial charge in [-0.2, -0.15) is 0 Å². The second-order valence-electron chi connectivity index (χ2n) is 3.49. The molecule has 1 fully saturated rings. The Morgan fingerprint density at radius 3 is 3.21 bits per heavy atom. The van der Waals surface area contributed by atoms with Gasteiger partial charge in [0.1, 0.15) is 5.76 Å². The predicted molar refractivity (Wildman–Crippen MR) is 50.0 cm³/mol. The number of rotatable bonds is 2. The van der Waals surface area contributed by atoms with E-state index in [0.29, 0.717) is 11.5 Å². The van der Waals surface area contributed by atoms with E-state index in [4.69, 9.17) is 4.52 Å². The normalized spacial score (nSPS) is 21.1. The summed E-state index contributed by atoms with van der Waals surface area (Å²) in [6, 6.07) is 1.86. The second kappa shape index (κ2) is 3.79. The number of carbonyl (C=O) groups excluding carboxylic acids is 1. The van der Waals surface area contributed by atoms with Gasteiger partial charge in [-0.05, 0) is 19.9 Å². The van der Waals surface area contributed by atoms with Gasteiger partial charge in [0.25, 0.3) is 5.91 Å². The van der Waals surface area contributed by atoms with E-state index in [9.17, 15) is 4.79 Å².